The second-order valence-electron chi connectivity index (χ2n) is 4.53. The van der Waals surface area contributed by atoms with Crippen LogP contribution < -0.4 is 11.1 Å². The maximum absolute atomic E-state index is 11.9. The molecule has 1 atom stereocenters. The monoisotopic (exact) mass is 314 g/mol. The molecule has 5 nitrogen and oxygen atoms in total. The molecule has 0 aliphatic rings. The lowest BCUT2D eigenvalue weighted by Crippen LogP contribution is -2.36. The summed E-state index contributed by atoms with van der Waals surface area (Å²) < 4.78 is 0. The van der Waals surface area contributed by atoms with Crippen molar-refractivity contribution in [2.24, 2.45) is 0 Å². The van der Waals surface area contributed by atoms with Crippen molar-refractivity contribution in [1.82, 2.24) is 4.90 Å². The minimum absolute atomic E-state index is 0.0110. The van der Waals surface area contributed by atoms with E-state index in [2.05, 4.69) is 11.4 Å². The Morgan fingerprint density at radius 2 is 2.05 bits per heavy atom. The molecule has 108 valence electrons. The Morgan fingerprint density at radius 3 is 2.55 bits per heavy atom. The molecule has 0 fully saturated rings. The summed E-state index contributed by atoms with van der Waals surface area (Å²) in [5, 5.41) is 11.9. The number of rotatable bonds is 5. The standard InChI is InChI=1S/C13H16Cl2N4O/c1-8(3-4-16)19(2)7-12(20)18-13-10(14)5-9(17)6-11(13)15/h5-6,8H,3,7,17H2,1-2H3,(H,18,20). The van der Waals surface area contributed by atoms with E-state index in [1.54, 1.807) is 11.9 Å². The number of nitrogen functional groups attached to an aromatic ring is 1. The van der Waals surface area contributed by atoms with Crippen molar-refractivity contribution < 1.29 is 4.79 Å². The van der Waals surface area contributed by atoms with Crippen molar-refractivity contribution >= 4 is 40.5 Å². The Hall–Kier alpha value is -1.48. The number of likely N-dealkylation sites (N-methyl/N-ethyl adjacent to an activating group) is 1. The summed E-state index contributed by atoms with van der Waals surface area (Å²) in [5.74, 6) is -0.258. The van der Waals surface area contributed by atoms with Gasteiger partial charge in [-0.1, -0.05) is 23.2 Å². The highest BCUT2D eigenvalue weighted by Gasteiger charge is 2.15. The highest BCUT2D eigenvalue weighted by atomic mass is 35.5. The summed E-state index contributed by atoms with van der Waals surface area (Å²) >= 11 is 12.0. The number of benzene rings is 1. The molecule has 3 N–H and O–H groups in total. The number of hydrogen-bond donors (Lipinski definition) is 2. The van der Waals surface area contributed by atoms with Crippen LogP contribution in [0.4, 0.5) is 11.4 Å². The van der Waals surface area contributed by atoms with Gasteiger partial charge in [0.2, 0.25) is 5.91 Å². The number of halogens is 2. The van der Waals surface area contributed by atoms with Gasteiger partial charge in [0.25, 0.3) is 0 Å². The van der Waals surface area contributed by atoms with E-state index < -0.39 is 0 Å². The molecule has 0 saturated carbocycles. The zero-order chi connectivity index (χ0) is 15.3. The van der Waals surface area contributed by atoms with Crippen molar-refractivity contribution in [1.29, 1.82) is 5.26 Å². The Bertz CT molecular complexity index is 519. The number of nitrogens with two attached hydrogens (primary N) is 1. The quantitative estimate of drug-likeness (QED) is 0.819. The Kier molecular flexibility index (Phi) is 6.08. The van der Waals surface area contributed by atoms with Crippen LogP contribution in [0.1, 0.15) is 13.3 Å². The minimum atomic E-state index is -0.258. The fraction of sp³-hybridized carbons (Fsp3) is 0.385. The predicted octanol–water partition coefficient (Wildman–Crippen LogP) is 2.75. The number of nitrogens with zero attached hydrogens (tertiary/aromatic N) is 2. The van der Waals surface area contributed by atoms with Crippen LogP contribution in [0.3, 0.4) is 0 Å². The molecule has 1 rings (SSSR count). The first-order valence-electron chi connectivity index (χ1n) is 5.96. The summed E-state index contributed by atoms with van der Waals surface area (Å²) in [5.41, 5.74) is 6.36. The second kappa shape index (κ2) is 7.34. The van der Waals surface area contributed by atoms with E-state index in [4.69, 9.17) is 34.2 Å². The van der Waals surface area contributed by atoms with Crippen LogP contribution in [0.15, 0.2) is 12.1 Å². The minimum Gasteiger partial charge on any atom is -0.399 e. The molecular weight excluding hydrogens is 299 g/mol. The molecule has 0 radical (unpaired) electrons. The van der Waals surface area contributed by atoms with Crippen LogP contribution in [-0.4, -0.2) is 30.4 Å². The van der Waals surface area contributed by atoms with Gasteiger partial charge in [-0.2, -0.15) is 5.26 Å². The number of hydrogen-bond acceptors (Lipinski definition) is 4. The second-order valence-corrected chi connectivity index (χ2v) is 5.35. The highest BCUT2D eigenvalue weighted by Crippen LogP contribution is 2.32. The normalized spacial score (nSPS) is 12.0. The third kappa shape index (κ3) is 4.57. The Balaban J connectivity index is 2.70. The van der Waals surface area contributed by atoms with E-state index in [0.29, 0.717) is 17.8 Å². The molecule has 0 spiro atoms. The predicted molar refractivity (Wildman–Crippen MR) is 81.8 cm³/mol. The summed E-state index contributed by atoms with van der Waals surface area (Å²) in [7, 11) is 1.77. The molecule has 0 aliphatic heterocycles. The Morgan fingerprint density at radius 1 is 1.50 bits per heavy atom. The van der Waals surface area contributed by atoms with Crippen LogP contribution in [0.5, 0.6) is 0 Å². The lowest BCUT2D eigenvalue weighted by Gasteiger charge is -2.22. The first-order chi connectivity index (χ1) is 9.35. The zero-order valence-corrected chi connectivity index (χ0v) is 12.8. The van der Waals surface area contributed by atoms with Crippen LogP contribution >= 0.6 is 23.2 Å². The number of carbonyl (C=O) groups is 1. The molecule has 0 aliphatic carbocycles. The van der Waals surface area contributed by atoms with Gasteiger partial charge in [-0.05, 0) is 26.1 Å². The fourth-order valence-electron chi connectivity index (χ4n) is 1.56. The third-order valence-corrected chi connectivity index (χ3v) is 3.46. The highest BCUT2D eigenvalue weighted by molar-refractivity contribution is 6.40. The lowest BCUT2D eigenvalue weighted by atomic mass is 10.2. The SMILES string of the molecule is CC(CC#N)N(C)CC(=O)Nc1c(Cl)cc(N)cc1Cl. The molecule has 1 unspecified atom stereocenters. The molecule has 20 heavy (non-hydrogen) atoms. The topological polar surface area (TPSA) is 82.2 Å². The molecule has 0 saturated heterocycles. The summed E-state index contributed by atoms with van der Waals surface area (Å²) in [6.07, 6.45) is 0.354. The van der Waals surface area contributed by atoms with Gasteiger partial charge in [-0.3, -0.25) is 9.69 Å². The smallest absolute Gasteiger partial charge is 0.238 e. The van der Waals surface area contributed by atoms with Crippen molar-refractivity contribution in [3.05, 3.63) is 22.2 Å². The van der Waals surface area contributed by atoms with Crippen LogP contribution in [0.25, 0.3) is 0 Å². The van der Waals surface area contributed by atoms with Crippen LogP contribution in [0.2, 0.25) is 10.0 Å². The van der Waals surface area contributed by atoms with E-state index in [1.807, 2.05) is 6.92 Å². The van der Waals surface area contributed by atoms with Gasteiger partial charge < -0.3 is 11.1 Å². The van der Waals surface area contributed by atoms with Crippen LogP contribution in [0, 0.1) is 11.3 Å². The molecule has 0 bridgehead atoms. The van der Waals surface area contributed by atoms with Gasteiger partial charge in [0.05, 0.1) is 34.8 Å². The zero-order valence-electron chi connectivity index (χ0n) is 11.3. The summed E-state index contributed by atoms with van der Waals surface area (Å²) in [6.45, 7) is 2.01. The molecule has 7 heteroatoms. The van der Waals surface area contributed by atoms with Gasteiger partial charge in [-0.25, -0.2) is 0 Å². The van der Waals surface area contributed by atoms with Gasteiger partial charge in [0.15, 0.2) is 0 Å². The van der Waals surface area contributed by atoms with E-state index >= 15 is 0 Å². The van der Waals surface area contributed by atoms with E-state index in [1.165, 1.54) is 12.1 Å². The average Bonchev–Trinajstić information content (AvgIpc) is 2.34. The lowest BCUT2D eigenvalue weighted by molar-refractivity contribution is -0.117. The Labute approximate surface area is 128 Å². The number of nitriles is 1. The van der Waals surface area contributed by atoms with Crippen molar-refractivity contribution in [3.8, 4) is 6.07 Å². The maximum atomic E-state index is 11.9. The van der Waals surface area contributed by atoms with Gasteiger partial charge in [0.1, 0.15) is 0 Å². The first kappa shape index (κ1) is 16.6. The molecule has 1 aromatic rings. The first-order valence-corrected chi connectivity index (χ1v) is 6.72. The largest absolute Gasteiger partial charge is 0.399 e. The summed E-state index contributed by atoms with van der Waals surface area (Å²) in [6, 6.07) is 5.09. The summed E-state index contributed by atoms with van der Waals surface area (Å²) in [4.78, 5) is 13.7. The maximum Gasteiger partial charge on any atom is 0.238 e. The number of nitrogens with one attached hydrogen (secondary N) is 1. The van der Waals surface area contributed by atoms with E-state index in [-0.39, 0.29) is 28.5 Å². The number of amides is 1. The van der Waals surface area contributed by atoms with Gasteiger partial charge in [0, 0.05) is 11.7 Å². The van der Waals surface area contributed by atoms with E-state index in [0.717, 1.165) is 0 Å². The van der Waals surface area contributed by atoms with Gasteiger partial charge >= 0.3 is 0 Å². The molecule has 0 heterocycles. The van der Waals surface area contributed by atoms with Crippen molar-refractivity contribution in [3.63, 3.8) is 0 Å². The third-order valence-electron chi connectivity index (χ3n) is 2.86. The van der Waals surface area contributed by atoms with Crippen molar-refractivity contribution in [2.45, 2.75) is 19.4 Å². The van der Waals surface area contributed by atoms with Gasteiger partial charge in [-0.15, -0.1) is 0 Å². The molecule has 1 amide bonds. The molecular formula is C13H16Cl2N4O. The van der Waals surface area contributed by atoms with Crippen LogP contribution in [-0.2, 0) is 4.79 Å². The molecule has 1 aromatic carbocycles. The fourth-order valence-corrected chi connectivity index (χ4v) is 2.16. The number of anilines is 2. The number of carbonyl (C=O) groups excluding carboxylic acids is 1. The van der Waals surface area contributed by atoms with E-state index in [9.17, 15) is 4.79 Å². The average molecular weight is 315 g/mol. The molecule has 0 aromatic heterocycles. The van der Waals surface area contributed by atoms with Crippen molar-refractivity contribution in [2.75, 3.05) is 24.6 Å².